The highest BCUT2D eigenvalue weighted by atomic mass is 16.5. The first kappa shape index (κ1) is 17.6. The van der Waals surface area contributed by atoms with Gasteiger partial charge in [-0.2, -0.15) is 0 Å². The van der Waals surface area contributed by atoms with E-state index in [0.717, 1.165) is 28.5 Å². The Morgan fingerprint density at radius 1 is 1.08 bits per heavy atom. The van der Waals surface area contributed by atoms with Crippen LogP contribution in [0.5, 0.6) is 5.75 Å². The molecule has 3 rings (SSSR count). The van der Waals surface area contributed by atoms with Crippen molar-refractivity contribution < 1.29 is 9.84 Å². The van der Waals surface area contributed by atoms with Gasteiger partial charge in [-0.1, -0.05) is 6.07 Å². The van der Waals surface area contributed by atoms with Crippen LogP contribution in [0.2, 0.25) is 0 Å². The summed E-state index contributed by atoms with van der Waals surface area (Å²) in [5.74, 6) is 2.01. The summed E-state index contributed by atoms with van der Waals surface area (Å²) in [4.78, 5) is 13.1. The van der Waals surface area contributed by atoms with Crippen LogP contribution in [0, 0.1) is 0 Å². The Balaban J connectivity index is 1.77. The minimum Gasteiger partial charge on any atom is -0.497 e. The van der Waals surface area contributed by atoms with Crippen LogP contribution in [0.4, 0.5) is 17.5 Å². The van der Waals surface area contributed by atoms with E-state index in [-0.39, 0.29) is 6.61 Å². The summed E-state index contributed by atoms with van der Waals surface area (Å²) in [6.07, 6.45) is 4.12. The van der Waals surface area contributed by atoms with Crippen molar-refractivity contribution in [2.75, 3.05) is 30.9 Å². The molecule has 26 heavy (non-hydrogen) atoms. The molecule has 7 nitrogen and oxygen atoms in total. The topological polar surface area (TPSA) is 92.2 Å². The minimum atomic E-state index is 0.151. The highest BCUT2D eigenvalue weighted by Gasteiger charge is 2.05. The van der Waals surface area contributed by atoms with Crippen molar-refractivity contribution in [1.29, 1.82) is 0 Å². The fourth-order valence-electron chi connectivity index (χ4n) is 2.39. The molecule has 0 bridgehead atoms. The molecule has 0 atom stereocenters. The molecule has 0 fully saturated rings. The van der Waals surface area contributed by atoms with Crippen molar-refractivity contribution in [2.24, 2.45) is 0 Å². The SMILES string of the molecule is COc1cccc(Nc2nccc(-c3ccnc(NCCCO)c3)n2)c1. The maximum Gasteiger partial charge on any atom is 0.227 e. The van der Waals surface area contributed by atoms with E-state index in [0.29, 0.717) is 18.9 Å². The molecule has 134 valence electrons. The van der Waals surface area contributed by atoms with Gasteiger partial charge < -0.3 is 20.5 Å². The first-order chi connectivity index (χ1) is 12.8. The number of aliphatic hydroxyl groups is 1. The highest BCUT2D eigenvalue weighted by molar-refractivity contribution is 5.64. The number of rotatable bonds is 8. The number of aliphatic hydroxyl groups excluding tert-OH is 1. The van der Waals surface area contributed by atoms with Gasteiger partial charge in [0.15, 0.2) is 0 Å². The Morgan fingerprint density at radius 3 is 2.81 bits per heavy atom. The van der Waals surface area contributed by atoms with Crippen LogP contribution in [0.15, 0.2) is 54.9 Å². The Bertz CT molecular complexity index is 857. The molecule has 0 unspecified atom stereocenters. The molecule has 0 spiro atoms. The third-order valence-corrected chi connectivity index (χ3v) is 3.68. The lowest BCUT2D eigenvalue weighted by atomic mass is 10.2. The van der Waals surface area contributed by atoms with E-state index in [1.165, 1.54) is 0 Å². The lowest BCUT2D eigenvalue weighted by Crippen LogP contribution is -2.05. The molecule has 0 saturated heterocycles. The maximum atomic E-state index is 8.87. The van der Waals surface area contributed by atoms with Crippen molar-refractivity contribution in [3.8, 4) is 17.0 Å². The van der Waals surface area contributed by atoms with Crippen LogP contribution < -0.4 is 15.4 Å². The summed E-state index contributed by atoms with van der Waals surface area (Å²) in [6.45, 7) is 0.817. The van der Waals surface area contributed by atoms with E-state index in [4.69, 9.17) is 9.84 Å². The average Bonchev–Trinajstić information content (AvgIpc) is 2.69. The molecular formula is C19H21N5O2. The lowest BCUT2D eigenvalue weighted by molar-refractivity contribution is 0.292. The normalized spacial score (nSPS) is 10.4. The minimum absolute atomic E-state index is 0.151. The van der Waals surface area contributed by atoms with E-state index in [1.807, 2.05) is 42.5 Å². The second-order valence-corrected chi connectivity index (χ2v) is 5.56. The Kier molecular flexibility index (Phi) is 5.95. The van der Waals surface area contributed by atoms with Crippen LogP contribution in [0.1, 0.15) is 6.42 Å². The third kappa shape index (κ3) is 4.67. The summed E-state index contributed by atoms with van der Waals surface area (Å²) in [7, 11) is 1.63. The average molecular weight is 351 g/mol. The molecule has 3 aromatic rings. The standard InChI is InChI=1S/C19H21N5O2/c1-26-16-5-2-4-15(13-16)23-19-22-10-7-17(24-19)14-6-9-21-18(12-14)20-8-3-11-25/h2,4-7,9-10,12-13,25H,3,8,11H2,1H3,(H,20,21)(H,22,23,24). The number of pyridine rings is 1. The predicted molar refractivity (Wildman–Crippen MR) is 102 cm³/mol. The molecule has 0 radical (unpaired) electrons. The van der Waals surface area contributed by atoms with Gasteiger partial charge in [0.1, 0.15) is 11.6 Å². The first-order valence-corrected chi connectivity index (χ1v) is 8.34. The molecule has 7 heteroatoms. The van der Waals surface area contributed by atoms with E-state index < -0.39 is 0 Å². The maximum absolute atomic E-state index is 8.87. The van der Waals surface area contributed by atoms with Crippen molar-refractivity contribution >= 4 is 17.5 Å². The largest absolute Gasteiger partial charge is 0.497 e. The van der Waals surface area contributed by atoms with Gasteiger partial charge >= 0.3 is 0 Å². The summed E-state index contributed by atoms with van der Waals surface area (Å²) in [5, 5.41) is 15.2. The van der Waals surface area contributed by atoms with Gasteiger partial charge in [-0.3, -0.25) is 0 Å². The van der Waals surface area contributed by atoms with Crippen LogP contribution in [-0.2, 0) is 0 Å². The molecule has 2 aromatic heterocycles. The second kappa shape index (κ2) is 8.77. The molecule has 0 aliphatic heterocycles. The van der Waals surface area contributed by atoms with Crippen molar-refractivity contribution in [2.45, 2.75) is 6.42 Å². The zero-order chi connectivity index (χ0) is 18.2. The number of hydrogen-bond donors (Lipinski definition) is 3. The summed E-state index contributed by atoms with van der Waals surface area (Å²) >= 11 is 0. The number of methoxy groups -OCH3 is 1. The molecule has 0 aliphatic carbocycles. The fourth-order valence-corrected chi connectivity index (χ4v) is 2.39. The molecule has 1 aromatic carbocycles. The molecular weight excluding hydrogens is 330 g/mol. The highest BCUT2D eigenvalue weighted by Crippen LogP contribution is 2.23. The molecule has 2 heterocycles. The van der Waals surface area contributed by atoms with Gasteiger partial charge in [0.25, 0.3) is 0 Å². The summed E-state index contributed by atoms with van der Waals surface area (Å²) in [6, 6.07) is 13.3. The third-order valence-electron chi connectivity index (χ3n) is 3.68. The zero-order valence-electron chi connectivity index (χ0n) is 14.5. The zero-order valence-corrected chi connectivity index (χ0v) is 14.5. The number of aromatic nitrogens is 3. The van der Waals surface area contributed by atoms with Crippen LogP contribution >= 0.6 is 0 Å². The number of ether oxygens (including phenoxy) is 1. The van der Waals surface area contributed by atoms with E-state index in [1.54, 1.807) is 19.5 Å². The smallest absolute Gasteiger partial charge is 0.227 e. The van der Waals surface area contributed by atoms with Crippen LogP contribution in [-0.4, -0.2) is 40.3 Å². The monoisotopic (exact) mass is 351 g/mol. The summed E-state index contributed by atoms with van der Waals surface area (Å²) < 4.78 is 5.23. The van der Waals surface area contributed by atoms with Gasteiger partial charge in [0.2, 0.25) is 5.95 Å². The first-order valence-electron chi connectivity index (χ1n) is 8.34. The van der Waals surface area contributed by atoms with Crippen LogP contribution in [0.25, 0.3) is 11.3 Å². The van der Waals surface area contributed by atoms with Gasteiger partial charge in [0.05, 0.1) is 12.8 Å². The quantitative estimate of drug-likeness (QED) is 0.537. The van der Waals surface area contributed by atoms with Gasteiger partial charge in [-0.25, -0.2) is 15.0 Å². The van der Waals surface area contributed by atoms with Gasteiger partial charge in [-0.15, -0.1) is 0 Å². The number of benzene rings is 1. The Hall–Kier alpha value is -3.19. The molecule has 0 aliphatic rings. The van der Waals surface area contributed by atoms with E-state index in [2.05, 4.69) is 25.6 Å². The fraction of sp³-hybridized carbons (Fsp3) is 0.211. The summed E-state index contributed by atoms with van der Waals surface area (Å²) in [5.41, 5.74) is 2.57. The predicted octanol–water partition coefficient (Wildman–Crippen LogP) is 3.09. The van der Waals surface area contributed by atoms with Crippen molar-refractivity contribution in [3.05, 3.63) is 54.9 Å². The van der Waals surface area contributed by atoms with Crippen molar-refractivity contribution in [1.82, 2.24) is 15.0 Å². The lowest BCUT2D eigenvalue weighted by Gasteiger charge is -2.09. The number of anilines is 3. The number of nitrogens with zero attached hydrogens (tertiary/aromatic N) is 3. The van der Waals surface area contributed by atoms with Gasteiger partial charge in [-0.05, 0) is 36.8 Å². The number of hydrogen-bond acceptors (Lipinski definition) is 7. The molecule has 0 amide bonds. The Morgan fingerprint density at radius 2 is 1.96 bits per heavy atom. The van der Waals surface area contributed by atoms with E-state index >= 15 is 0 Å². The van der Waals surface area contributed by atoms with E-state index in [9.17, 15) is 0 Å². The molecule has 0 saturated carbocycles. The van der Waals surface area contributed by atoms with Crippen LogP contribution in [0.3, 0.4) is 0 Å². The second-order valence-electron chi connectivity index (χ2n) is 5.56. The van der Waals surface area contributed by atoms with Crippen molar-refractivity contribution in [3.63, 3.8) is 0 Å². The molecule has 3 N–H and O–H groups in total. The number of nitrogens with one attached hydrogen (secondary N) is 2. The Labute approximate surface area is 152 Å². The van der Waals surface area contributed by atoms with Gasteiger partial charge in [0, 0.05) is 42.9 Å².